The summed E-state index contributed by atoms with van der Waals surface area (Å²) in [4.78, 5) is 0. The first kappa shape index (κ1) is 29.8. The second-order valence-electron chi connectivity index (χ2n) is 10.7. The molecule has 0 aliphatic carbocycles. The first-order chi connectivity index (χ1) is 18.7. The van der Waals surface area contributed by atoms with E-state index in [1.807, 2.05) is 0 Å². The summed E-state index contributed by atoms with van der Waals surface area (Å²) in [6.45, 7) is 13.1. The Morgan fingerprint density at radius 2 is 1.13 bits per heavy atom. The van der Waals surface area contributed by atoms with Gasteiger partial charge >= 0.3 is 52.4 Å². The van der Waals surface area contributed by atoms with E-state index in [-0.39, 0.29) is 6.19 Å². The van der Waals surface area contributed by atoms with E-state index in [0.717, 1.165) is 0 Å². The SMILES string of the molecule is C[Si](C)=[Ti]([Cl])[Cl].Cc1cc2c(-c3cccc4ccccc34)cccc2[cH-]1.Cc1cc2c(C(C)C)cccc2[cH-]1. The quantitative estimate of drug-likeness (QED) is 0.136. The Kier molecular flexibility index (Phi) is 10.3. The summed E-state index contributed by atoms with van der Waals surface area (Å²) in [6.07, 6.45) is -0.254. The van der Waals surface area contributed by atoms with Crippen molar-refractivity contribution in [1.82, 2.24) is 0 Å². The van der Waals surface area contributed by atoms with Crippen LogP contribution < -0.4 is 0 Å². The smallest absolute Gasteiger partial charge is 0.0114 e. The topological polar surface area (TPSA) is 0 Å². The molecule has 0 fully saturated rings. The molecule has 0 atom stereocenters. The fourth-order valence-corrected chi connectivity index (χ4v) is 4.99. The van der Waals surface area contributed by atoms with Crippen molar-refractivity contribution in [1.29, 1.82) is 0 Å². The van der Waals surface area contributed by atoms with Gasteiger partial charge in [0.15, 0.2) is 0 Å². The van der Waals surface area contributed by atoms with Gasteiger partial charge in [0.2, 0.25) is 0 Å². The third-order valence-electron chi connectivity index (χ3n) is 6.90. The Morgan fingerprint density at radius 3 is 1.74 bits per heavy atom. The number of halogens is 2. The van der Waals surface area contributed by atoms with Gasteiger partial charge in [-0.2, -0.15) is 12.1 Å². The Morgan fingerprint density at radius 1 is 0.641 bits per heavy atom. The molecule has 6 aromatic carbocycles. The number of rotatable bonds is 2. The van der Waals surface area contributed by atoms with Crippen LogP contribution >= 0.6 is 18.6 Å². The summed E-state index contributed by atoms with van der Waals surface area (Å²) >= 11 is -1.42. The minimum absolute atomic E-state index is 0.254. The maximum absolute atomic E-state index is 5.59. The number of aryl methyl sites for hydroxylation is 2. The molecular formula is C35H36Cl2SiTi-2. The van der Waals surface area contributed by atoms with E-state index in [2.05, 4.69) is 144 Å². The van der Waals surface area contributed by atoms with E-state index in [1.165, 1.54) is 60.1 Å². The van der Waals surface area contributed by atoms with Gasteiger partial charge in [0.05, 0.1) is 0 Å². The molecule has 0 bridgehead atoms. The molecule has 0 aliphatic heterocycles. The van der Waals surface area contributed by atoms with Gasteiger partial charge in [-0.05, 0) is 22.3 Å². The molecule has 6 aromatic rings. The van der Waals surface area contributed by atoms with Crippen LogP contribution in [0, 0.1) is 13.8 Å². The number of benzene rings is 4. The summed E-state index contributed by atoms with van der Waals surface area (Å²) < 4.78 is 0. The summed E-state index contributed by atoms with van der Waals surface area (Å²) in [5, 5.41) is 8.10. The van der Waals surface area contributed by atoms with Gasteiger partial charge in [0.1, 0.15) is 0 Å². The van der Waals surface area contributed by atoms with Gasteiger partial charge in [-0.3, -0.25) is 0 Å². The molecule has 0 N–H and O–H groups in total. The van der Waals surface area contributed by atoms with E-state index in [0.29, 0.717) is 5.92 Å². The third kappa shape index (κ3) is 7.34. The van der Waals surface area contributed by atoms with Crippen molar-refractivity contribution >= 4 is 57.1 Å². The summed E-state index contributed by atoms with van der Waals surface area (Å²) in [5.41, 5.74) is 6.80. The number of hydrogen-bond acceptors (Lipinski definition) is 0. The standard InChI is InChI=1S/C20H15.C13H15.C2H6Si.2ClH.Ti/c1-14-12-16-8-5-11-19(20(16)13-14)18-10-4-7-15-6-2-3-9-17(15)18;1-9(2)12-6-4-5-11-7-10(3)8-13(11)12;1-3-2;;;/h2-13H,1H3;4-9H,1-3H3;1-2H3;2*1H;/q2*-1;;;;+2/p-2. The Balaban J connectivity index is 0.000000160. The van der Waals surface area contributed by atoms with E-state index in [9.17, 15) is 0 Å². The van der Waals surface area contributed by atoms with Gasteiger partial charge in [0, 0.05) is 0 Å². The van der Waals surface area contributed by atoms with Crippen LogP contribution in [0.4, 0.5) is 0 Å². The predicted octanol–water partition coefficient (Wildman–Crippen LogP) is 11.8. The molecular weight excluding hydrogens is 567 g/mol. The summed E-state index contributed by atoms with van der Waals surface area (Å²) in [7, 11) is 11.2. The Bertz CT molecular complexity index is 1730. The monoisotopic (exact) mass is 602 g/mol. The average molecular weight is 604 g/mol. The Labute approximate surface area is 247 Å². The van der Waals surface area contributed by atoms with E-state index in [1.54, 1.807) is 0 Å². The van der Waals surface area contributed by atoms with Crippen LogP contribution in [0.3, 0.4) is 0 Å². The van der Waals surface area contributed by atoms with Crippen LogP contribution in [0.5, 0.6) is 0 Å². The second-order valence-corrected chi connectivity index (χ2v) is 26.8. The number of fused-ring (bicyclic) bond motifs is 3. The fourth-order valence-electron chi connectivity index (χ4n) is 4.99. The molecule has 0 amide bonds. The van der Waals surface area contributed by atoms with Crippen molar-refractivity contribution in [2.45, 2.75) is 46.7 Å². The second kappa shape index (κ2) is 13.5. The normalized spacial score (nSPS) is 10.8. The maximum atomic E-state index is 5.59. The van der Waals surface area contributed by atoms with Crippen molar-refractivity contribution < 1.29 is 14.5 Å². The molecule has 0 aromatic heterocycles. The zero-order chi connectivity index (χ0) is 28.1. The Hall–Kier alpha value is -2.13. The minimum atomic E-state index is -1.42. The first-order valence-corrected chi connectivity index (χ1v) is 22.6. The van der Waals surface area contributed by atoms with Gasteiger partial charge < -0.3 is 0 Å². The van der Waals surface area contributed by atoms with Crippen LogP contribution in [0.15, 0.2) is 103 Å². The van der Waals surface area contributed by atoms with Crippen molar-refractivity contribution in [3.63, 3.8) is 0 Å². The summed E-state index contributed by atoms with van der Waals surface area (Å²) in [6, 6.07) is 37.3. The molecule has 39 heavy (non-hydrogen) atoms. The zero-order valence-electron chi connectivity index (χ0n) is 23.6. The molecule has 6 rings (SSSR count). The van der Waals surface area contributed by atoms with Crippen LogP contribution in [0.2, 0.25) is 13.1 Å². The van der Waals surface area contributed by atoms with Crippen molar-refractivity contribution in [2.24, 2.45) is 0 Å². The molecule has 0 spiro atoms. The largest absolute Gasteiger partial charge is 0.165 e. The number of hydrogen-bond donors (Lipinski definition) is 0. The molecule has 0 saturated carbocycles. The zero-order valence-corrected chi connectivity index (χ0v) is 27.7. The van der Waals surface area contributed by atoms with Crippen LogP contribution in [0.25, 0.3) is 43.4 Å². The van der Waals surface area contributed by atoms with E-state index in [4.69, 9.17) is 18.6 Å². The van der Waals surface area contributed by atoms with Crippen LogP contribution in [0.1, 0.15) is 36.5 Å². The first-order valence-electron chi connectivity index (χ1n) is 13.4. The van der Waals surface area contributed by atoms with Crippen molar-refractivity contribution in [2.75, 3.05) is 0 Å². The predicted molar refractivity (Wildman–Crippen MR) is 175 cm³/mol. The van der Waals surface area contributed by atoms with Gasteiger partial charge in [-0.25, -0.2) is 0 Å². The van der Waals surface area contributed by atoms with Crippen LogP contribution in [-0.4, -0.2) is 6.19 Å². The molecule has 0 radical (unpaired) electrons. The average Bonchev–Trinajstić information content (AvgIpc) is 3.49. The van der Waals surface area contributed by atoms with Crippen molar-refractivity contribution in [3.05, 3.63) is 120 Å². The van der Waals surface area contributed by atoms with Gasteiger partial charge in [0.25, 0.3) is 0 Å². The summed E-state index contributed by atoms with van der Waals surface area (Å²) in [5.74, 6) is 0.616. The fraction of sp³-hybridized carbons (Fsp3) is 0.200. The van der Waals surface area contributed by atoms with Crippen molar-refractivity contribution in [3.8, 4) is 11.1 Å². The van der Waals surface area contributed by atoms with Crippen LogP contribution in [-0.2, 0) is 14.5 Å². The molecule has 0 nitrogen and oxygen atoms in total. The third-order valence-corrected chi connectivity index (χ3v) is 20.6. The molecule has 0 saturated heterocycles. The van der Waals surface area contributed by atoms with Gasteiger partial charge in [-0.15, -0.1) is 69.1 Å². The molecule has 200 valence electrons. The van der Waals surface area contributed by atoms with Gasteiger partial charge in [-0.1, -0.05) is 93.4 Å². The van der Waals surface area contributed by atoms with E-state index >= 15 is 0 Å². The van der Waals surface area contributed by atoms with E-state index < -0.39 is 14.5 Å². The molecule has 0 aliphatic rings. The maximum Gasteiger partial charge on any atom is -0.0114 e. The molecule has 4 heteroatoms. The molecule has 0 heterocycles. The minimum Gasteiger partial charge on any atom is -0.165 e. The molecule has 0 unspecified atom stereocenters.